The third kappa shape index (κ3) is 2.10. The molecule has 4 nitrogen and oxygen atoms in total. The van der Waals surface area contributed by atoms with Gasteiger partial charge in [-0.3, -0.25) is 4.79 Å². The van der Waals surface area contributed by atoms with Crippen molar-refractivity contribution in [3.63, 3.8) is 0 Å². The van der Waals surface area contributed by atoms with E-state index in [-0.39, 0.29) is 18.8 Å². The Morgan fingerprint density at radius 2 is 2.35 bits per heavy atom. The fraction of sp³-hybridized carbons (Fsp3) is 0.417. The Kier molecular flexibility index (Phi) is 3.02. The van der Waals surface area contributed by atoms with Crippen molar-refractivity contribution in [3.8, 4) is 0 Å². The summed E-state index contributed by atoms with van der Waals surface area (Å²) in [6.07, 6.45) is 0.623. The van der Waals surface area contributed by atoms with E-state index in [1.807, 2.05) is 0 Å². The molecule has 1 aromatic carbocycles. The van der Waals surface area contributed by atoms with Crippen molar-refractivity contribution in [2.24, 2.45) is 5.73 Å². The number of rotatable bonds is 3. The molecule has 0 saturated carbocycles. The predicted octanol–water partition coefficient (Wildman–Crippen LogP) is 1.31. The summed E-state index contributed by atoms with van der Waals surface area (Å²) in [4.78, 5) is 11.0. The Morgan fingerprint density at radius 1 is 1.59 bits per heavy atom. The van der Waals surface area contributed by atoms with Gasteiger partial charge in [-0.15, -0.1) is 0 Å². The highest BCUT2D eigenvalue weighted by molar-refractivity contribution is 5.71. The van der Waals surface area contributed by atoms with Crippen LogP contribution in [0.4, 0.5) is 10.1 Å². The molecule has 1 aliphatic rings. The van der Waals surface area contributed by atoms with Gasteiger partial charge in [-0.1, -0.05) is 6.07 Å². The maximum absolute atomic E-state index is 13.1. The Balaban J connectivity index is 2.47. The summed E-state index contributed by atoms with van der Waals surface area (Å²) < 4.78 is 13.1. The highest BCUT2D eigenvalue weighted by Gasteiger charge is 2.37. The first-order chi connectivity index (χ1) is 8.07. The number of fused-ring (bicyclic) bond motifs is 1. The largest absolute Gasteiger partial charge is 0.481 e. The molecule has 1 atom stereocenters. The van der Waals surface area contributed by atoms with Crippen LogP contribution in [0.25, 0.3) is 0 Å². The second-order valence-electron chi connectivity index (χ2n) is 4.42. The zero-order valence-corrected chi connectivity index (χ0v) is 9.37. The fourth-order valence-corrected chi connectivity index (χ4v) is 2.45. The Morgan fingerprint density at radius 3 is 3.00 bits per heavy atom. The van der Waals surface area contributed by atoms with Crippen molar-refractivity contribution in [2.75, 3.05) is 18.4 Å². The van der Waals surface area contributed by atoms with Gasteiger partial charge in [0, 0.05) is 24.2 Å². The number of carbonyl (C=O) groups is 1. The number of nitrogens with two attached hydrogens (primary N) is 1. The summed E-state index contributed by atoms with van der Waals surface area (Å²) in [5, 5.41) is 12.1. The smallest absolute Gasteiger partial charge is 0.304 e. The molecule has 1 unspecified atom stereocenters. The van der Waals surface area contributed by atoms with Gasteiger partial charge in [0.15, 0.2) is 0 Å². The SMILES string of the molecule is NCC1(CC(=O)O)CCNc2cc(F)ccc21. The van der Waals surface area contributed by atoms with E-state index in [1.165, 1.54) is 12.1 Å². The molecule has 17 heavy (non-hydrogen) atoms. The van der Waals surface area contributed by atoms with E-state index < -0.39 is 11.4 Å². The summed E-state index contributed by atoms with van der Waals surface area (Å²) in [7, 11) is 0. The minimum atomic E-state index is -0.882. The molecule has 0 amide bonds. The van der Waals surface area contributed by atoms with Crippen LogP contribution in [0.15, 0.2) is 18.2 Å². The highest BCUT2D eigenvalue weighted by Crippen LogP contribution is 2.39. The topological polar surface area (TPSA) is 75.4 Å². The summed E-state index contributed by atoms with van der Waals surface area (Å²) in [5.41, 5.74) is 6.63. The Labute approximate surface area is 98.6 Å². The fourth-order valence-electron chi connectivity index (χ4n) is 2.45. The van der Waals surface area contributed by atoms with Gasteiger partial charge in [0.1, 0.15) is 5.82 Å². The number of carboxylic acids is 1. The number of benzene rings is 1. The molecule has 0 radical (unpaired) electrons. The lowest BCUT2D eigenvalue weighted by atomic mass is 9.72. The van der Waals surface area contributed by atoms with Crippen LogP contribution in [0.2, 0.25) is 0 Å². The number of anilines is 1. The molecule has 2 rings (SSSR count). The molecule has 0 bridgehead atoms. The standard InChI is InChI=1S/C12H15FN2O2/c13-8-1-2-9-10(5-8)15-4-3-12(9,7-14)6-11(16)17/h1-2,5,15H,3-4,6-7,14H2,(H,16,17). The Hall–Kier alpha value is -1.62. The first kappa shape index (κ1) is 11.9. The number of nitrogens with one attached hydrogen (secondary N) is 1. The molecule has 92 valence electrons. The van der Waals surface area contributed by atoms with Gasteiger partial charge in [-0.05, 0) is 24.1 Å². The van der Waals surface area contributed by atoms with Gasteiger partial charge in [0.05, 0.1) is 6.42 Å². The average molecular weight is 238 g/mol. The minimum absolute atomic E-state index is 0.0240. The van der Waals surface area contributed by atoms with E-state index in [0.717, 1.165) is 5.56 Å². The van der Waals surface area contributed by atoms with Crippen LogP contribution >= 0.6 is 0 Å². The maximum atomic E-state index is 13.1. The zero-order valence-electron chi connectivity index (χ0n) is 9.37. The van der Waals surface area contributed by atoms with Crippen molar-refractivity contribution in [1.82, 2.24) is 0 Å². The van der Waals surface area contributed by atoms with Crippen LogP contribution in [-0.2, 0) is 10.2 Å². The number of carboxylic acid groups (broad SMARTS) is 1. The van der Waals surface area contributed by atoms with Crippen LogP contribution in [0, 0.1) is 5.82 Å². The predicted molar refractivity (Wildman–Crippen MR) is 62.5 cm³/mol. The number of halogens is 1. The van der Waals surface area contributed by atoms with E-state index in [9.17, 15) is 9.18 Å². The summed E-state index contributed by atoms with van der Waals surface area (Å²) >= 11 is 0. The van der Waals surface area contributed by atoms with Gasteiger partial charge >= 0.3 is 5.97 Å². The van der Waals surface area contributed by atoms with Crippen molar-refractivity contribution in [1.29, 1.82) is 0 Å². The first-order valence-corrected chi connectivity index (χ1v) is 5.53. The normalized spacial score (nSPS) is 22.7. The summed E-state index contributed by atoms with van der Waals surface area (Å²) in [6, 6.07) is 4.37. The van der Waals surface area contributed by atoms with Crippen LogP contribution in [-0.4, -0.2) is 24.2 Å². The molecule has 1 aliphatic heterocycles. The van der Waals surface area contributed by atoms with E-state index in [4.69, 9.17) is 10.8 Å². The lowest BCUT2D eigenvalue weighted by Gasteiger charge is -2.37. The first-order valence-electron chi connectivity index (χ1n) is 5.53. The molecular formula is C12H15FN2O2. The van der Waals surface area contributed by atoms with E-state index in [1.54, 1.807) is 6.07 Å². The molecule has 1 heterocycles. The maximum Gasteiger partial charge on any atom is 0.304 e. The van der Waals surface area contributed by atoms with E-state index >= 15 is 0 Å². The molecule has 0 fully saturated rings. The number of aliphatic carboxylic acids is 1. The molecule has 0 saturated heterocycles. The van der Waals surface area contributed by atoms with Gasteiger partial charge in [-0.2, -0.15) is 0 Å². The summed E-state index contributed by atoms with van der Waals surface area (Å²) in [5.74, 6) is -1.22. The van der Waals surface area contributed by atoms with Gasteiger partial charge in [0.25, 0.3) is 0 Å². The van der Waals surface area contributed by atoms with Gasteiger partial charge in [0.2, 0.25) is 0 Å². The van der Waals surface area contributed by atoms with Crippen molar-refractivity contribution in [2.45, 2.75) is 18.3 Å². The molecule has 0 aliphatic carbocycles. The molecule has 0 spiro atoms. The van der Waals surface area contributed by atoms with E-state index in [2.05, 4.69) is 5.32 Å². The highest BCUT2D eigenvalue weighted by atomic mass is 19.1. The van der Waals surface area contributed by atoms with Crippen LogP contribution in [0.1, 0.15) is 18.4 Å². The summed E-state index contributed by atoms with van der Waals surface area (Å²) in [6.45, 7) is 0.862. The molecule has 5 heteroatoms. The van der Waals surface area contributed by atoms with Crippen LogP contribution < -0.4 is 11.1 Å². The quantitative estimate of drug-likeness (QED) is 0.742. The molecule has 4 N–H and O–H groups in total. The molecular weight excluding hydrogens is 223 g/mol. The van der Waals surface area contributed by atoms with Crippen molar-refractivity contribution < 1.29 is 14.3 Å². The second kappa shape index (κ2) is 4.33. The number of hydrogen-bond donors (Lipinski definition) is 3. The van der Waals surface area contributed by atoms with Gasteiger partial charge < -0.3 is 16.2 Å². The zero-order chi connectivity index (χ0) is 12.5. The van der Waals surface area contributed by atoms with Crippen LogP contribution in [0.5, 0.6) is 0 Å². The monoisotopic (exact) mass is 238 g/mol. The second-order valence-corrected chi connectivity index (χ2v) is 4.42. The van der Waals surface area contributed by atoms with Crippen LogP contribution in [0.3, 0.4) is 0 Å². The third-order valence-corrected chi connectivity index (χ3v) is 3.35. The van der Waals surface area contributed by atoms with Crippen molar-refractivity contribution in [3.05, 3.63) is 29.6 Å². The lowest BCUT2D eigenvalue weighted by molar-refractivity contribution is -0.138. The Bertz CT molecular complexity index is 450. The average Bonchev–Trinajstić information content (AvgIpc) is 2.28. The van der Waals surface area contributed by atoms with Crippen molar-refractivity contribution >= 4 is 11.7 Å². The third-order valence-electron chi connectivity index (χ3n) is 3.35. The van der Waals surface area contributed by atoms with E-state index in [0.29, 0.717) is 18.7 Å². The molecule has 0 aromatic heterocycles. The van der Waals surface area contributed by atoms with Gasteiger partial charge in [-0.25, -0.2) is 4.39 Å². The minimum Gasteiger partial charge on any atom is -0.481 e. The lowest BCUT2D eigenvalue weighted by Crippen LogP contribution is -2.42. The number of hydrogen-bond acceptors (Lipinski definition) is 3. The molecule has 1 aromatic rings.